The normalized spacial score (nSPS) is 15.8. The molecule has 18 heavy (non-hydrogen) atoms. The monoisotopic (exact) mass is 247 g/mol. The van der Waals surface area contributed by atoms with E-state index in [1.54, 1.807) is 0 Å². The lowest BCUT2D eigenvalue weighted by atomic mass is 10.1. The molecule has 1 saturated carbocycles. The summed E-state index contributed by atoms with van der Waals surface area (Å²) in [6.45, 7) is 0.721. The smallest absolute Gasteiger partial charge is 0.164 e. The van der Waals surface area contributed by atoms with Gasteiger partial charge in [0.25, 0.3) is 0 Å². The van der Waals surface area contributed by atoms with Gasteiger partial charge in [-0.3, -0.25) is 4.79 Å². The van der Waals surface area contributed by atoms with Crippen LogP contribution in [-0.4, -0.2) is 25.5 Å². The molecular formula is C15H21NO2. The second-order valence-corrected chi connectivity index (χ2v) is 4.83. The summed E-state index contributed by atoms with van der Waals surface area (Å²) < 4.78 is 5.87. The molecule has 0 unspecified atom stereocenters. The van der Waals surface area contributed by atoms with E-state index in [-0.39, 0.29) is 5.78 Å². The predicted molar refractivity (Wildman–Crippen MR) is 72.2 cm³/mol. The van der Waals surface area contributed by atoms with Crippen molar-refractivity contribution in [2.24, 2.45) is 0 Å². The third-order valence-electron chi connectivity index (χ3n) is 3.38. The fourth-order valence-electron chi connectivity index (χ4n) is 2.30. The lowest BCUT2D eigenvalue weighted by molar-refractivity contribution is 0.0983. The first-order valence-electron chi connectivity index (χ1n) is 6.74. The highest BCUT2D eigenvalue weighted by Crippen LogP contribution is 2.24. The molecule has 2 rings (SSSR count). The highest BCUT2D eigenvalue weighted by molar-refractivity contribution is 5.96. The van der Waals surface area contributed by atoms with Gasteiger partial charge < -0.3 is 10.1 Å². The van der Waals surface area contributed by atoms with E-state index in [1.807, 2.05) is 31.3 Å². The summed E-state index contributed by atoms with van der Waals surface area (Å²) in [7, 11) is 1.85. The Hall–Kier alpha value is -1.35. The van der Waals surface area contributed by atoms with Crippen LogP contribution in [0, 0.1) is 0 Å². The molecule has 0 heterocycles. The minimum atomic E-state index is 0.178. The van der Waals surface area contributed by atoms with Crippen molar-refractivity contribution in [1.29, 1.82) is 0 Å². The van der Waals surface area contributed by atoms with Gasteiger partial charge in [-0.25, -0.2) is 0 Å². The average Bonchev–Trinajstić information content (AvgIpc) is 2.89. The Labute approximate surface area is 109 Å². The Kier molecular flexibility index (Phi) is 4.76. The topological polar surface area (TPSA) is 38.3 Å². The van der Waals surface area contributed by atoms with Crippen LogP contribution in [0.2, 0.25) is 0 Å². The van der Waals surface area contributed by atoms with Gasteiger partial charge in [0.1, 0.15) is 5.75 Å². The van der Waals surface area contributed by atoms with E-state index in [1.165, 1.54) is 12.8 Å². The molecule has 0 aliphatic heterocycles. The van der Waals surface area contributed by atoms with Crippen LogP contribution >= 0.6 is 0 Å². The number of hydrogen-bond acceptors (Lipinski definition) is 3. The Morgan fingerprint density at radius 2 is 1.94 bits per heavy atom. The SMILES string of the molecule is CNCCC(=O)c1ccc(OC2CCCC2)cc1. The average molecular weight is 247 g/mol. The molecule has 1 aliphatic carbocycles. The van der Waals surface area contributed by atoms with Crippen molar-refractivity contribution in [1.82, 2.24) is 5.32 Å². The minimum absolute atomic E-state index is 0.178. The van der Waals surface area contributed by atoms with E-state index >= 15 is 0 Å². The highest BCUT2D eigenvalue weighted by Gasteiger charge is 2.16. The molecule has 0 radical (unpaired) electrons. The first kappa shape index (κ1) is 13.1. The third kappa shape index (κ3) is 3.57. The van der Waals surface area contributed by atoms with Crippen molar-refractivity contribution < 1.29 is 9.53 Å². The van der Waals surface area contributed by atoms with Crippen molar-refractivity contribution in [3.63, 3.8) is 0 Å². The van der Waals surface area contributed by atoms with Gasteiger partial charge in [0.2, 0.25) is 0 Å². The number of ether oxygens (including phenoxy) is 1. The quantitative estimate of drug-likeness (QED) is 0.786. The predicted octanol–water partition coefficient (Wildman–Crippen LogP) is 2.80. The molecule has 0 spiro atoms. The molecular weight excluding hydrogens is 226 g/mol. The van der Waals surface area contributed by atoms with Gasteiger partial charge in [-0.05, 0) is 57.0 Å². The standard InChI is InChI=1S/C15H21NO2/c1-16-11-10-15(17)12-6-8-14(9-7-12)18-13-4-2-3-5-13/h6-9,13,16H,2-5,10-11H2,1H3. The summed E-state index contributed by atoms with van der Waals surface area (Å²) in [6.07, 6.45) is 5.76. The maximum atomic E-state index is 11.8. The Bertz CT molecular complexity index is 380. The number of carbonyl (C=O) groups is 1. The Balaban J connectivity index is 1.90. The summed E-state index contributed by atoms with van der Waals surface area (Å²) in [5, 5.41) is 2.98. The number of Topliss-reactive ketones (excluding diaryl/α,β-unsaturated/α-hetero) is 1. The first-order chi connectivity index (χ1) is 8.79. The molecule has 98 valence electrons. The summed E-state index contributed by atoms with van der Waals surface area (Å²) in [6, 6.07) is 7.54. The molecule has 1 aliphatic rings. The van der Waals surface area contributed by atoms with Crippen LogP contribution in [0.4, 0.5) is 0 Å². The van der Waals surface area contributed by atoms with Crippen LogP contribution in [-0.2, 0) is 0 Å². The molecule has 0 bridgehead atoms. The minimum Gasteiger partial charge on any atom is -0.490 e. The fraction of sp³-hybridized carbons (Fsp3) is 0.533. The zero-order chi connectivity index (χ0) is 12.8. The van der Waals surface area contributed by atoms with Gasteiger partial charge in [0.15, 0.2) is 5.78 Å². The third-order valence-corrected chi connectivity index (χ3v) is 3.38. The van der Waals surface area contributed by atoms with Crippen molar-refractivity contribution in [3.05, 3.63) is 29.8 Å². The maximum absolute atomic E-state index is 11.8. The zero-order valence-corrected chi connectivity index (χ0v) is 10.9. The van der Waals surface area contributed by atoms with E-state index in [0.717, 1.165) is 30.7 Å². The number of carbonyl (C=O) groups excluding carboxylic acids is 1. The fourth-order valence-corrected chi connectivity index (χ4v) is 2.30. The van der Waals surface area contributed by atoms with Crippen LogP contribution in [0.1, 0.15) is 42.5 Å². The summed E-state index contributed by atoms with van der Waals surface area (Å²) in [5.41, 5.74) is 0.768. The zero-order valence-electron chi connectivity index (χ0n) is 10.9. The number of ketones is 1. The van der Waals surface area contributed by atoms with Crippen LogP contribution in [0.5, 0.6) is 5.75 Å². The molecule has 3 nitrogen and oxygen atoms in total. The molecule has 0 aromatic heterocycles. The van der Waals surface area contributed by atoms with Gasteiger partial charge in [-0.15, -0.1) is 0 Å². The second-order valence-electron chi connectivity index (χ2n) is 4.83. The van der Waals surface area contributed by atoms with Crippen LogP contribution in [0.25, 0.3) is 0 Å². The van der Waals surface area contributed by atoms with Crippen LogP contribution in [0.15, 0.2) is 24.3 Å². The highest BCUT2D eigenvalue weighted by atomic mass is 16.5. The first-order valence-corrected chi connectivity index (χ1v) is 6.74. The molecule has 1 N–H and O–H groups in total. The van der Waals surface area contributed by atoms with Crippen LogP contribution in [0.3, 0.4) is 0 Å². The van der Waals surface area contributed by atoms with Gasteiger partial charge in [0, 0.05) is 18.5 Å². The largest absolute Gasteiger partial charge is 0.490 e. The lowest BCUT2D eigenvalue weighted by Crippen LogP contribution is -2.13. The van der Waals surface area contributed by atoms with Crippen molar-refractivity contribution >= 4 is 5.78 Å². The van der Waals surface area contributed by atoms with E-state index in [4.69, 9.17) is 4.74 Å². The molecule has 0 amide bonds. The number of rotatable bonds is 6. The van der Waals surface area contributed by atoms with Gasteiger partial charge in [0.05, 0.1) is 6.10 Å². The Morgan fingerprint density at radius 1 is 1.28 bits per heavy atom. The maximum Gasteiger partial charge on any atom is 0.164 e. The summed E-state index contributed by atoms with van der Waals surface area (Å²) >= 11 is 0. The van der Waals surface area contributed by atoms with Gasteiger partial charge >= 0.3 is 0 Å². The molecule has 3 heteroatoms. The number of hydrogen-bond donors (Lipinski definition) is 1. The molecule has 0 atom stereocenters. The van der Waals surface area contributed by atoms with Crippen molar-refractivity contribution in [2.75, 3.05) is 13.6 Å². The molecule has 1 aromatic rings. The summed E-state index contributed by atoms with van der Waals surface area (Å²) in [4.78, 5) is 11.8. The number of nitrogens with one attached hydrogen (secondary N) is 1. The second kappa shape index (κ2) is 6.55. The van der Waals surface area contributed by atoms with E-state index in [9.17, 15) is 4.79 Å². The summed E-state index contributed by atoms with van der Waals surface area (Å²) in [5.74, 6) is 1.06. The number of benzene rings is 1. The van der Waals surface area contributed by atoms with Gasteiger partial charge in [-0.1, -0.05) is 0 Å². The van der Waals surface area contributed by atoms with Crippen molar-refractivity contribution in [3.8, 4) is 5.75 Å². The molecule has 1 fully saturated rings. The van der Waals surface area contributed by atoms with Crippen molar-refractivity contribution in [2.45, 2.75) is 38.2 Å². The molecule has 1 aromatic carbocycles. The van der Waals surface area contributed by atoms with E-state index in [2.05, 4.69) is 5.32 Å². The molecule has 0 saturated heterocycles. The van der Waals surface area contributed by atoms with Crippen LogP contribution < -0.4 is 10.1 Å². The van der Waals surface area contributed by atoms with E-state index in [0.29, 0.717) is 12.5 Å². The lowest BCUT2D eigenvalue weighted by Gasteiger charge is -2.13. The van der Waals surface area contributed by atoms with Gasteiger partial charge in [-0.2, -0.15) is 0 Å². The van der Waals surface area contributed by atoms with E-state index < -0.39 is 0 Å². The Morgan fingerprint density at radius 3 is 2.56 bits per heavy atom.